The molecule has 0 bridgehead atoms. The number of halogens is 2. The molecule has 2 aromatic carbocycles. The summed E-state index contributed by atoms with van der Waals surface area (Å²) in [7, 11) is 0. The largest absolute Gasteiger partial charge is 0.479 e. The maximum absolute atomic E-state index is 13.2. The van der Waals surface area contributed by atoms with Crippen LogP contribution in [0.25, 0.3) is 10.9 Å². The molecule has 0 aliphatic rings. The molecule has 0 unspecified atom stereocenters. The van der Waals surface area contributed by atoms with Crippen LogP contribution in [0, 0.1) is 3.57 Å². The van der Waals surface area contributed by atoms with Crippen molar-refractivity contribution in [2.45, 2.75) is 39.2 Å². The van der Waals surface area contributed by atoms with Crippen LogP contribution in [0.15, 0.2) is 50.8 Å². The third-order valence-electron chi connectivity index (χ3n) is 4.41. The number of rotatable bonds is 5. The van der Waals surface area contributed by atoms with Crippen molar-refractivity contribution in [3.63, 3.8) is 0 Å². The Morgan fingerprint density at radius 1 is 1.29 bits per heavy atom. The first-order valence-corrected chi connectivity index (χ1v) is 11.3. The molecule has 9 heteroatoms. The number of ether oxygens (including phenoxy) is 1. The van der Waals surface area contributed by atoms with Crippen molar-refractivity contribution >= 4 is 61.6 Å². The molecule has 0 saturated carbocycles. The van der Waals surface area contributed by atoms with E-state index in [1.54, 1.807) is 30.5 Å². The van der Waals surface area contributed by atoms with Crippen LogP contribution in [0.2, 0.25) is 0 Å². The Hall–Kier alpha value is -2.27. The van der Waals surface area contributed by atoms with Crippen LogP contribution in [0.1, 0.15) is 39.1 Å². The number of aromatic nitrogens is 2. The highest BCUT2D eigenvalue weighted by molar-refractivity contribution is 14.1. The maximum Gasteiger partial charge on any atom is 0.344 e. The molecule has 0 amide bonds. The van der Waals surface area contributed by atoms with E-state index in [0.29, 0.717) is 22.5 Å². The number of carboxylic acids is 1. The molecule has 3 aromatic rings. The van der Waals surface area contributed by atoms with Crippen molar-refractivity contribution in [1.29, 1.82) is 0 Å². The monoisotopic (exact) mass is 597 g/mol. The minimum absolute atomic E-state index is 0.252. The van der Waals surface area contributed by atoms with Crippen LogP contribution in [-0.2, 0) is 10.2 Å². The smallest absolute Gasteiger partial charge is 0.344 e. The van der Waals surface area contributed by atoms with Gasteiger partial charge in [-0.1, -0.05) is 36.7 Å². The fraction of sp³-hybridized carbons (Fsp3) is 0.273. The topological polar surface area (TPSA) is 93.8 Å². The summed E-state index contributed by atoms with van der Waals surface area (Å²) in [5.41, 5.74) is 0.697. The van der Waals surface area contributed by atoms with E-state index in [2.05, 4.69) is 43.6 Å². The van der Waals surface area contributed by atoms with E-state index in [4.69, 9.17) is 14.8 Å². The number of fused-ring (bicyclic) bond motifs is 1. The average molecular weight is 598 g/mol. The van der Waals surface area contributed by atoms with Crippen LogP contribution in [0.3, 0.4) is 0 Å². The van der Waals surface area contributed by atoms with Crippen molar-refractivity contribution in [2.75, 3.05) is 0 Å². The van der Waals surface area contributed by atoms with Gasteiger partial charge in [-0.3, -0.25) is 4.79 Å². The number of benzene rings is 2. The van der Waals surface area contributed by atoms with E-state index >= 15 is 0 Å². The van der Waals surface area contributed by atoms with Gasteiger partial charge in [0, 0.05) is 9.89 Å². The van der Waals surface area contributed by atoms with Crippen LogP contribution in [0.5, 0.6) is 5.75 Å². The summed E-state index contributed by atoms with van der Waals surface area (Å²) < 4.78 is 8.30. The van der Waals surface area contributed by atoms with Crippen LogP contribution < -0.4 is 10.3 Å². The first kappa shape index (κ1) is 23.4. The van der Waals surface area contributed by atoms with E-state index in [0.717, 1.165) is 13.6 Å². The highest BCUT2D eigenvalue weighted by Gasteiger charge is 2.23. The van der Waals surface area contributed by atoms with Crippen LogP contribution in [-0.4, -0.2) is 33.1 Å². The molecule has 7 nitrogen and oxygen atoms in total. The summed E-state index contributed by atoms with van der Waals surface area (Å²) in [5, 5.41) is 13.9. The Kier molecular flexibility index (Phi) is 6.85. The van der Waals surface area contributed by atoms with E-state index in [-0.39, 0.29) is 5.56 Å². The normalized spacial score (nSPS) is 13.0. The molecule has 0 spiro atoms. The minimum atomic E-state index is -1.04. The van der Waals surface area contributed by atoms with Crippen molar-refractivity contribution < 1.29 is 14.6 Å². The summed E-state index contributed by atoms with van der Waals surface area (Å²) in [6.45, 7) is 7.40. The number of carboxylic acid groups (broad SMARTS) is 1. The molecule has 0 aliphatic carbocycles. The summed E-state index contributed by atoms with van der Waals surface area (Å²) in [6, 6.07) is 10.6. The van der Waals surface area contributed by atoms with Gasteiger partial charge in [-0.25, -0.2) is 9.78 Å². The maximum atomic E-state index is 13.2. The zero-order valence-corrected chi connectivity index (χ0v) is 21.1. The van der Waals surface area contributed by atoms with Gasteiger partial charge in [0.15, 0.2) is 6.10 Å². The predicted molar refractivity (Wildman–Crippen MR) is 132 cm³/mol. The predicted octanol–water partition coefficient (Wildman–Crippen LogP) is 4.80. The van der Waals surface area contributed by atoms with E-state index < -0.39 is 17.5 Å². The lowest BCUT2D eigenvalue weighted by Gasteiger charge is -2.20. The van der Waals surface area contributed by atoms with Gasteiger partial charge >= 0.3 is 5.97 Å². The van der Waals surface area contributed by atoms with Gasteiger partial charge < -0.3 is 9.84 Å². The molecule has 0 fully saturated rings. The van der Waals surface area contributed by atoms with Gasteiger partial charge in [-0.05, 0) is 71.5 Å². The van der Waals surface area contributed by atoms with Gasteiger partial charge in [-0.2, -0.15) is 9.78 Å². The fourth-order valence-corrected chi connectivity index (χ4v) is 3.83. The molecule has 31 heavy (non-hydrogen) atoms. The molecule has 1 heterocycles. The summed E-state index contributed by atoms with van der Waals surface area (Å²) in [4.78, 5) is 28.9. The Bertz CT molecular complexity index is 1250. The first-order chi connectivity index (χ1) is 14.5. The highest BCUT2D eigenvalue weighted by Crippen LogP contribution is 2.24. The quantitative estimate of drug-likeness (QED) is 0.337. The standard InChI is InChI=1S/C22H21BrIN3O4/c1-12(20(29)30)31-18-8-5-13(9-16(18)24)11-25-27-19(28)15-10-14(23)6-7-17(15)26-21(27)22(2,3)4/h5-12H,1-4H3,(H,29,30)/t12-/m0/s1. The van der Waals surface area contributed by atoms with Gasteiger partial charge in [-0.15, -0.1) is 0 Å². The van der Waals surface area contributed by atoms with E-state index in [1.165, 1.54) is 11.6 Å². The Balaban J connectivity index is 2.04. The van der Waals surface area contributed by atoms with Gasteiger partial charge in [0.05, 0.1) is 20.7 Å². The Morgan fingerprint density at radius 2 is 2.00 bits per heavy atom. The second kappa shape index (κ2) is 9.07. The average Bonchev–Trinajstić information content (AvgIpc) is 2.68. The third-order valence-corrected chi connectivity index (χ3v) is 5.75. The molecule has 1 N–H and O–H groups in total. The lowest BCUT2D eigenvalue weighted by molar-refractivity contribution is -0.144. The molecule has 162 valence electrons. The number of hydrogen-bond donors (Lipinski definition) is 1. The van der Waals surface area contributed by atoms with Gasteiger partial charge in [0.1, 0.15) is 11.6 Å². The highest BCUT2D eigenvalue weighted by atomic mass is 127. The number of hydrogen-bond acceptors (Lipinski definition) is 5. The first-order valence-electron chi connectivity index (χ1n) is 9.43. The Labute approximate surface area is 201 Å². The van der Waals surface area contributed by atoms with Crippen molar-refractivity contribution in [2.24, 2.45) is 5.10 Å². The SMILES string of the molecule is C[C@H](Oc1ccc(C=Nn2c(C(C)(C)C)nc3ccc(Br)cc3c2=O)cc1I)C(=O)O. The van der Waals surface area contributed by atoms with Gasteiger partial charge in [0.25, 0.3) is 5.56 Å². The second-order valence-corrected chi connectivity index (χ2v) is 10.1. The third kappa shape index (κ3) is 5.32. The molecule has 0 radical (unpaired) electrons. The second-order valence-electron chi connectivity index (χ2n) is 8.00. The number of nitrogens with zero attached hydrogens (tertiary/aromatic N) is 3. The lowest BCUT2D eigenvalue weighted by atomic mass is 9.95. The number of aliphatic carboxylic acids is 1. The van der Waals surface area contributed by atoms with Crippen molar-refractivity contribution in [1.82, 2.24) is 9.66 Å². The molecule has 1 aromatic heterocycles. The van der Waals surface area contributed by atoms with E-state index in [9.17, 15) is 9.59 Å². The fourth-order valence-electron chi connectivity index (χ4n) is 2.80. The molecule has 3 rings (SSSR count). The summed E-state index contributed by atoms with van der Waals surface area (Å²) in [6.07, 6.45) is 0.623. The molecular formula is C22H21BrIN3O4. The molecule has 0 aliphatic heterocycles. The molecular weight excluding hydrogens is 577 g/mol. The zero-order valence-electron chi connectivity index (χ0n) is 17.4. The summed E-state index contributed by atoms with van der Waals surface area (Å²) in [5.74, 6) is -0.0168. The minimum Gasteiger partial charge on any atom is -0.479 e. The zero-order chi connectivity index (χ0) is 22.9. The molecule has 0 saturated heterocycles. The van der Waals surface area contributed by atoms with E-state index in [1.807, 2.05) is 32.9 Å². The Morgan fingerprint density at radius 3 is 2.61 bits per heavy atom. The van der Waals surface area contributed by atoms with Crippen LogP contribution >= 0.6 is 38.5 Å². The number of carbonyl (C=O) groups is 1. The lowest BCUT2D eigenvalue weighted by Crippen LogP contribution is -2.29. The molecule has 1 atom stereocenters. The van der Waals surface area contributed by atoms with Gasteiger partial charge in [0.2, 0.25) is 0 Å². The summed E-state index contributed by atoms with van der Waals surface area (Å²) >= 11 is 5.47. The van der Waals surface area contributed by atoms with Crippen molar-refractivity contribution in [3.05, 3.63) is 66.2 Å². The van der Waals surface area contributed by atoms with Crippen molar-refractivity contribution in [3.8, 4) is 5.75 Å². The van der Waals surface area contributed by atoms with Crippen LogP contribution in [0.4, 0.5) is 0 Å².